The molecule has 0 aliphatic carbocycles. The van der Waals surface area contributed by atoms with Crippen LogP contribution in [0.1, 0.15) is 24.9 Å². The van der Waals surface area contributed by atoms with Crippen molar-refractivity contribution in [3.05, 3.63) is 28.2 Å². The van der Waals surface area contributed by atoms with Crippen LogP contribution in [0.15, 0.2) is 22.7 Å². The van der Waals surface area contributed by atoms with Crippen LogP contribution in [0.3, 0.4) is 0 Å². The lowest BCUT2D eigenvalue weighted by Gasteiger charge is -2.27. The zero-order chi connectivity index (χ0) is 12.1. The number of benzene rings is 1. The SMILES string of the molecule is CCOCCNC1CCOc2ccc(Br)cc21. The smallest absolute Gasteiger partial charge is 0.124 e. The zero-order valence-corrected chi connectivity index (χ0v) is 11.6. The van der Waals surface area contributed by atoms with Gasteiger partial charge in [0.05, 0.1) is 13.2 Å². The van der Waals surface area contributed by atoms with Gasteiger partial charge in [-0.2, -0.15) is 0 Å². The molecule has 0 saturated carbocycles. The number of hydrogen-bond acceptors (Lipinski definition) is 3. The molecule has 0 amide bonds. The number of hydrogen-bond donors (Lipinski definition) is 1. The molecule has 0 radical (unpaired) electrons. The molecule has 0 aromatic heterocycles. The molecule has 4 heteroatoms. The molecule has 0 saturated heterocycles. The summed E-state index contributed by atoms with van der Waals surface area (Å²) in [4.78, 5) is 0. The molecule has 3 nitrogen and oxygen atoms in total. The molecule has 1 aromatic carbocycles. The van der Waals surface area contributed by atoms with E-state index in [-0.39, 0.29) is 0 Å². The first-order chi connectivity index (χ1) is 8.31. The van der Waals surface area contributed by atoms with Crippen molar-refractivity contribution in [2.75, 3.05) is 26.4 Å². The minimum Gasteiger partial charge on any atom is -0.493 e. The van der Waals surface area contributed by atoms with Gasteiger partial charge in [-0.25, -0.2) is 0 Å². The van der Waals surface area contributed by atoms with E-state index in [1.807, 2.05) is 19.1 Å². The fourth-order valence-corrected chi connectivity index (χ4v) is 2.41. The van der Waals surface area contributed by atoms with E-state index < -0.39 is 0 Å². The Hall–Kier alpha value is -0.580. The van der Waals surface area contributed by atoms with E-state index >= 15 is 0 Å². The molecule has 94 valence electrons. The summed E-state index contributed by atoms with van der Waals surface area (Å²) < 4.78 is 12.1. The van der Waals surface area contributed by atoms with Crippen molar-refractivity contribution >= 4 is 15.9 Å². The normalized spacial score (nSPS) is 18.6. The van der Waals surface area contributed by atoms with Crippen molar-refractivity contribution in [2.24, 2.45) is 0 Å². The van der Waals surface area contributed by atoms with Crippen molar-refractivity contribution in [1.82, 2.24) is 5.32 Å². The predicted molar refractivity (Wildman–Crippen MR) is 71.5 cm³/mol. The molecule has 2 rings (SSSR count). The first-order valence-electron chi connectivity index (χ1n) is 6.04. The third-order valence-electron chi connectivity index (χ3n) is 2.85. The molecule has 1 aromatic rings. The van der Waals surface area contributed by atoms with Crippen LogP contribution in [0.2, 0.25) is 0 Å². The lowest BCUT2D eigenvalue weighted by atomic mass is 10.0. The van der Waals surface area contributed by atoms with E-state index in [0.29, 0.717) is 6.04 Å². The van der Waals surface area contributed by atoms with Crippen LogP contribution < -0.4 is 10.1 Å². The second-order valence-corrected chi connectivity index (χ2v) is 4.94. The predicted octanol–water partition coefficient (Wildman–Crippen LogP) is 2.90. The zero-order valence-electron chi connectivity index (χ0n) is 10.0. The highest BCUT2D eigenvalue weighted by Gasteiger charge is 2.20. The molecule has 1 heterocycles. The third kappa shape index (κ3) is 3.44. The van der Waals surface area contributed by atoms with Gasteiger partial charge in [-0.1, -0.05) is 15.9 Å². The molecular weight excluding hydrogens is 282 g/mol. The summed E-state index contributed by atoms with van der Waals surface area (Å²) in [5.74, 6) is 0.994. The Bertz CT molecular complexity index is 370. The van der Waals surface area contributed by atoms with Crippen LogP contribution in [0.25, 0.3) is 0 Å². The van der Waals surface area contributed by atoms with Crippen molar-refractivity contribution in [3.63, 3.8) is 0 Å². The second kappa shape index (κ2) is 6.38. The van der Waals surface area contributed by atoms with Crippen LogP contribution in [-0.4, -0.2) is 26.4 Å². The first kappa shape index (κ1) is 12.9. The molecule has 17 heavy (non-hydrogen) atoms. The highest BCUT2D eigenvalue weighted by Crippen LogP contribution is 2.33. The van der Waals surface area contributed by atoms with Gasteiger partial charge in [0.1, 0.15) is 5.75 Å². The highest BCUT2D eigenvalue weighted by molar-refractivity contribution is 9.10. The number of ether oxygens (including phenoxy) is 2. The van der Waals surface area contributed by atoms with Crippen LogP contribution >= 0.6 is 15.9 Å². The summed E-state index contributed by atoms with van der Waals surface area (Å²) >= 11 is 3.50. The fourth-order valence-electron chi connectivity index (χ4n) is 2.03. The van der Waals surface area contributed by atoms with Gasteiger partial charge in [0, 0.05) is 35.7 Å². The monoisotopic (exact) mass is 299 g/mol. The van der Waals surface area contributed by atoms with Gasteiger partial charge in [-0.05, 0) is 25.1 Å². The topological polar surface area (TPSA) is 30.5 Å². The lowest BCUT2D eigenvalue weighted by molar-refractivity contribution is 0.143. The Kier molecular flexibility index (Phi) is 4.83. The minimum atomic E-state index is 0.372. The quantitative estimate of drug-likeness (QED) is 0.848. The van der Waals surface area contributed by atoms with Gasteiger partial charge in [0.15, 0.2) is 0 Å². The van der Waals surface area contributed by atoms with Gasteiger partial charge in [-0.15, -0.1) is 0 Å². The van der Waals surface area contributed by atoms with E-state index in [2.05, 4.69) is 27.3 Å². The Morgan fingerprint density at radius 2 is 2.41 bits per heavy atom. The molecule has 1 unspecified atom stereocenters. The Morgan fingerprint density at radius 3 is 3.24 bits per heavy atom. The van der Waals surface area contributed by atoms with Crippen molar-refractivity contribution in [1.29, 1.82) is 0 Å². The maximum atomic E-state index is 5.64. The molecule has 1 atom stereocenters. The van der Waals surface area contributed by atoms with Crippen LogP contribution in [-0.2, 0) is 4.74 Å². The number of halogens is 1. The van der Waals surface area contributed by atoms with Crippen molar-refractivity contribution in [2.45, 2.75) is 19.4 Å². The molecule has 0 bridgehead atoms. The fraction of sp³-hybridized carbons (Fsp3) is 0.538. The van der Waals surface area contributed by atoms with Crippen LogP contribution in [0, 0.1) is 0 Å². The Labute approximate surface area is 111 Å². The Morgan fingerprint density at radius 1 is 1.53 bits per heavy atom. The maximum absolute atomic E-state index is 5.64. The first-order valence-corrected chi connectivity index (χ1v) is 6.84. The highest BCUT2D eigenvalue weighted by atomic mass is 79.9. The number of fused-ring (bicyclic) bond motifs is 1. The average molecular weight is 300 g/mol. The molecule has 0 spiro atoms. The minimum absolute atomic E-state index is 0.372. The lowest BCUT2D eigenvalue weighted by Crippen LogP contribution is -2.29. The Balaban J connectivity index is 1.98. The number of nitrogens with one attached hydrogen (secondary N) is 1. The third-order valence-corrected chi connectivity index (χ3v) is 3.35. The summed E-state index contributed by atoms with van der Waals surface area (Å²) in [7, 11) is 0. The largest absolute Gasteiger partial charge is 0.493 e. The molecule has 1 N–H and O–H groups in total. The van der Waals surface area contributed by atoms with E-state index in [9.17, 15) is 0 Å². The second-order valence-electron chi connectivity index (χ2n) is 4.02. The van der Waals surface area contributed by atoms with E-state index in [1.165, 1.54) is 5.56 Å². The summed E-state index contributed by atoms with van der Waals surface area (Å²) in [6, 6.07) is 6.54. The van der Waals surface area contributed by atoms with Crippen LogP contribution in [0.5, 0.6) is 5.75 Å². The van der Waals surface area contributed by atoms with Gasteiger partial charge < -0.3 is 14.8 Å². The van der Waals surface area contributed by atoms with Gasteiger partial charge in [0.25, 0.3) is 0 Å². The van der Waals surface area contributed by atoms with Gasteiger partial charge >= 0.3 is 0 Å². The standard InChI is InChI=1S/C13H18BrNO2/c1-2-16-8-6-15-12-5-7-17-13-4-3-10(14)9-11(12)13/h3-4,9,12,15H,2,5-8H2,1H3. The van der Waals surface area contributed by atoms with Crippen LogP contribution in [0.4, 0.5) is 0 Å². The van der Waals surface area contributed by atoms with E-state index in [1.54, 1.807) is 0 Å². The molecular formula is C13H18BrNO2. The molecule has 1 aliphatic heterocycles. The summed E-state index contributed by atoms with van der Waals surface area (Å²) in [6.07, 6.45) is 1.01. The van der Waals surface area contributed by atoms with Gasteiger partial charge in [0.2, 0.25) is 0 Å². The van der Waals surface area contributed by atoms with Gasteiger partial charge in [-0.3, -0.25) is 0 Å². The van der Waals surface area contributed by atoms with Crippen molar-refractivity contribution < 1.29 is 9.47 Å². The van der Waals surface area contributed by atoms with Crippen molar-refractivity contribution in [3.8, 4) is 5.75 Å². The summed E-state index contributed by atoms with van der Waals surface area (Å²) in [5, 5.41) is 3.51. The molecule has 1 aliphatic rings. The van der Waals surface area contributed by atoms with E-state index in [0.717, 1.165) is 43.0 Å². The molecule has 0 fully saturated rings. The average Bonchev–Trinajstić information content (AvgIpc) is 2.35. The van der Waals surface area contributed by atoms with E-state index in [4.69, 9.17) is 9.47 Å². The summed E-state index contributed by atoms with van der Waals surface area (Å²) in [6.45, 7) is 5.21. The summed E-state index contributed by atoms with van der Waals surface area (Å²) in [5.41, 5.74) is 1.24. The number of rotatable bonds is 5. The maximum Gasteiger partial charge on any atom is 0.124 e.